The first kappa shape index (κ1) is 11.8. The molecule has 0 saturated carbocycles. The predicted octanol–water partition coefficient (Wildman–Crippen LogP) is 4.68. The van der Waals surface area contributed by atoms with Gasteiger partial charge in [0.25, 0.3) is 0 Å². The summed E-state index contributed by atoms with van der Waals surface area (Å²) in [5, 5.41) is 0. The lowest BCUT2D eigenvalue weighted by atomic mass is 9.92. The van der Waals surface area contributed by atoms with Gasteiger partial charge >= 0.3 is 0 Å². The lowest BCUT2D eigenvalue weighted by Crippen LogP contribution is -2.00. The summed E-state index contributed by atoms with van der Waals surface area (Å²) in [6.07, 6.45) is 10.1. The first-order chi connectivity index (χ1) is 7.81. The Morgan fingerprint density at radius 1 is 1.06 bits per heavy atom. The third-order valence-corrected chi connectivity index (χ3v) is 4.15. The van der Waals surface area contributed by atoms with Crippen molar-refractivity contribution >= 4 is 16.7 Å². The van der Waals surface area contributed by atoms with Gasteiger partial charge in [0.05, 0.1) is 0 Å². The van der Waals surface area contributed by atoms with E-state index in [4.69, 9.17) is 0 Å². The summed E-state index contributed by atoms with van der Waals surface area (Å²) < 4.78 is 0. The van der Waals surface area contributed by atoms with E-state index in [0.717, 1.165) is 0 Å². The molecule has 1 heteroatoms. The van der Waals surface area contributed by atoms with E-state index in [-0.39, 0.29) is 0 Å². The maximum atomic E-state index is 4.10. The molecule has 0 heterocycles. The highest BCUT2D eigenvalue weighted by atomic mass is 32.2. The topological polar surface area (TPSA) is 0 Å². The smallest absolute Gasteiger partial charge is 0.00698 e. The van der Waals surface area contributed by atoms with Crippen LogP contribution < -0.4 is 0 Å². The van der Waals surface area contributed by atoms with E-state index in [1.165, 1.54) is 49.0 Å². The summed E-state index contributed by atoms with van der Waals surface area (Å²) in [4.78, 5) is 1.19. The number of thioether (sulfide) groups is 1. The molecule has 0 spiro atoms. The molecule has 0 amide bonds. The molecule has 16 heavy (non-hydrogen) atoms. The minimum Gasteiger partial charge on any atom is -0.130 e. The second-order valence-corrected chi connectivity index (χ2v) is 5.43. The lowest BCUT2D eigenvalue weighted by molar-refractivity contribution is 0.617. The molecule has 1 aliphatic carbocycles. The Bertz CT molecular complexity index is 379. The zero-order valence-electron chi connectivity index (χ0n) is 10.1. The molecule has 1 aromatic carbocycles. The zero-order chi connectivity index (χ0) is 11.4. The van der Waals surface area contributed by atoms with Crippen LogP contribution in [0.2, 0.25) is 0 Å². The van der Waals surface area contributed by atoms with E-state index < -0.39 is 0 Å². The first-order valence-electron chi connectivity index (χ1n) is 6.16. The zero-order valence-corrected chi connectivity index (χ0v) is 10.9. The molecule has 0 nitrogen and oxygen atoms in total. The van der Waals surface area contributed by atoms with Crippen LogP contribution >= 0.6 is 11.8 Å². The van der Waals surface area contributed by atoms with Crippen molar-refractivity contribution in [2.24, 2.45) is 0 Å². The van der Waals surface area contributed by atoms with Crippen LogP contribution in [0.25, 0.3) is 4.91 Å². The summed E-state index contributed by atoms with van der Waals surface area (Å²) in [5.41, 5.74) is 4.44. The molecule has 1 aliphatic rings. The molecule has 0 saturated heterocycles. The Morgan fingerprint density at radius 2 is 1.75 bits per heavy atom. The highest BCUT2D eigenvalue weighted by Gasteiger charge is 2.08. The van der Waals surface area contributed by atoms with E-state index in [1.54, 1.807) is 22.9 Å². The Balaban J connectivity index is 2.28. The molecule has 0 fully saturated rings. The molecule has 0 aliphatic heterocycles. The summed E-state index contributed by atoms with van der Waals surface area (Å²) in [6.45, 7) is 4.10. The number of hydrogen-bond donors (Lipinski definition) is 0. The fraction of sp³-hybridized carbons (Fsp3) is 0.467. The Kier molecular flexibility index (Phi) is 4.11. The molecule has 1 aromatic rings. The largest absolute Gasteiger partial charge is 0.130 e. The average molecular weight is 232 g/mol. The third kappa shape index (κ3) is 2.70. The molecule has 0 N–H and O–H groups in total. The van der Waals surface area contributed by atoms with E-state index in [0.29, 0.717) is 0 Å². The van der Waals surface area contributed by atoms with Crippen molar-refractivity contribution < 1.29 is 0 Å². The van der Waals surface area contributed by atoms with Crippen molar-refractivity contribution in [3.63, 3.8) is 0 Å². The van der Waals surface area contributed by atoms with Crippen molar-refractivity contribution in [3.8, 4) is 0 Å². The van der Waals surface area contributed by atoms with Gasteiger partial charge in [-0.05, 0) is 48.6 Å². The molecule has 2 rings (SSSR count). The molecular formula is C15H20S. The van der Waals surface area contributed by atoms with Crippen molar-refractivity contribution in [2.75, 3.05) is 6.26 Å². The molecule has 0 unspecified atom stereocenters. The van der Waals surface area contributed by atoms with Crippen LogP contribution in [-0.2, 0) is 12.8 Å². The van der Waals surface area contributed by atoms with Crippen LogP contribution in [0, 0.1) is 0 Å². The van der Waals surface area contributed by atoms with E-state index in [1.807, 2.05) is 0 Å². The summed E-state index contributed by atoms with van der Waals surface area (Å²) in [6, 6.07) is 6.91. The second kappa shape index (κ2) is 5.58. The number of fused-ring (bicyclic) bond motifs is 1. The summed E-state index contributed by atoms with van der Waals surface area (Å²) >= 11 is 1.74. The standard InChI is InChI=1S/C15H20S/c1-12(16-2)14-10-9-13-7-5-3-4-6-8-15(13)11-14/h9-11H,1,3-8H2,2H3. The highest BCUT2D eigenvalue weighted by Crippen LogP contribution is 2.27. The molecular weight excluding hydrogens is 212 g/mol. The van der Waals surface area contributed by atoms with Crippen molar-refractivity contribution in [1.29, 1.82) is 0 Å². The van der Waals surface area contributed by atoms with Gasteiger partial charge in [-0.2, -0.15) is 0 Å². The van der Waals surface area contributed by atoms with Crippen LogP contribution in [-0.4, -0.2) is 6.26 Å². The van der Waals surface area contributed by atoms with Gasteiger partial charge in [-0.25, -0.2) is 0 Å². The monoisotopic (exact) mass is 232 g/mol. The molecule has 86 valence electrons. The second-order valence-electron chi connectivity index (χ2n) is 4.53. The van der Waals surface area contributed by atoms with Gasteiger partial charge in [-0.1, -0.05) is 37.6 Å². The maximum Gasteiger partial charge on any atom is 0.00698 e. The van der Waals surface area contributed by atoms with Crippen molar-refractivity contribution in [1.82, 2.24) is 0 Å². The maximum absolute atomic E-state index is 4.10. The van der Waals surface area contributed by atoms with E-state index in [2.05, 4.69) is 31.0 Å². The average Bonchev–Trinajstić information content (AvgIpc) is 2.28. The normalized spacial score (nSPS) is 16.1. The molecule has 0 bridgehead atoms. The highest BCUT2D eigenvalue weighted by molar-refractivity contribution is 8.07. The molecule has 0 aromatic heterocycles. The van der Waals surface area contributed by atoms with Crippen LogP contribution in [0.4, 0.5) is 0 Å². The van der Waals surface area contributed by atoms with Gasteiger partial charge < -0.3 is 0 Å². The van der Waals surface area contributed by atoms with Gasteiger partial charge in [0.15, 0.2) is 0 Å². The van der Waals surface area contributed by atoms with Crippen LogP contribution in [0.15, 0.2) is 24.8 Å². The van der Waals surface area contributed by atoms with Crippen LogP contribution in [0.1, 0.15) is 42.4 Å². The van der Waals surface area contributed by atoms with Crippen molar-refractivity contribution in [3.05, 3.63) is 41.5 Å². The number of aryl methyl sites for hydroxylation is 2. The lowest BCUT2D eigenvalue weighted by Gasteiger charge is -2.15. The van der Waals surface area contributed by atoms with Crippen LogP contribution in [0.5, 0.6) is 0 Å². The third-order valence-electron chi connectivity index (χ3n) is 3.42. The fourth-order valence-electron chi connectivity index (χ4n) is 2.38. The van der Waals surface area contributed by atoms with Gasteiger partial charge in [-0.3, -0.25) is 0 Å². The minimum atomic E-state index is 1.19. The fourth-order valence-corrected chi connectivity index (χ4v) is 2.74. The van der Waals surface area contributed by atoms with E-state index >= 15 is 0 Å². The van der Waals surface area contributed by atoms with Gasteiger partial charge in [0.1, 0.15) is 0 Å². The number of rotatable bonds is 2. The Morgan fingerprint density at radius 3 is 2.44 bits per heavy atom. The SMILES string of the molecule is C=C(SC)c1ccc2c(c1)CCCCCC2. The van der Waals surface area contributed by atoms with Gasteiger partial charge in [0, 0.05) is 4.91 Å². The first-order valence-corrected chi connectivity index (χ1v) is 7.39. The number of benzene rings is 1. The summed E-state index contributed by atoms with van der Waals surface area (Å²) in [7, 11) is 0. The quantitative estimate of drug-likeness (QED) is 0.713. The number of hydrogen-bond acceptors (Lipinski definition) is 1. The van der Waals surface area contributed by atoms with Crippen molar-refractivity contribution in [2.45, 2.75) is 38.5 Å². The van der Waals surface area contributed by atoms with E-state index in [9.17, 15) is 0 Å². The molecule has 0 atom stereocenters. The van der Waals surface area contributed by atoms with Crippen LogP contribution in [0.3, 0.4) is 0 Å². The predicted molar refractivity (Wildman–Crippen MR) is 74.9 cm³/mol. The minimum absolute atomic E-state index is 1.19. The Hall–Kier alpha value is -0.690. The Labute approximate surface area is 103 Å². The van der Waals surface area contributed by atoms with Gasteiger partial charge in [-0.15, -0.1) is 11.8 Å². The molecule has 0 radical (unpaired) electrons. The van der Waals surface area contributed by atoms with Gasteiger partial charge in [0.2, 0.25) is 0 Å². The summed E-state index contributed by atoms with van der Waals surface area (Å²) in [5.74, 6) is 0.